The maximum Gasteiger partial charge on any atom is 0.407 e. The average Bonchev–Trinajstić information content (AvgIpc) is 2.44. The summed E-state index contributed by atoms with van der Waals surface area (Å²) in [6, 6.07) is 5.56. The first-order valence-electron chi connectivity index (χ1n) is 8.26. The van der Waals surface area contributed by atoms with Crippen molar-refractivity contribution >= 4 is 11.8 Å². The number of benzene rings is 1. The molecule has 2 N–H and O–H groups in total. The Morgan fingerprint density at radius 1 is 1.17 bits per heavy atom. The Hall–Kier alpha value is -1.78. The maximum absolute atomic E-state index is 13.6. The maximum atomic E-state index is 13.6. The summed E-state index contributed by atoms with van der Waals surface area (Å²) in [7, 11) is 0. The summed E-state index contributed by atoms with van der Waals surface area (Å²) in [6.45, 7) is 7.35. The molecule has 128 valence electrons. The number of carbonyl (C=O) groups is 1. The van der Waals surface area contributed by atoms with Gasteiger partial charge in [-0.1, -0.05) is 6.07 Å². The molecule has 0 aliphatic heterocycles. The smallest absolute Gasteiger partial charge is 0.407 e. The third kappa shape index (κ3) is 5.41. The van der Waals surface area contributed by atoms with Crippen molar-refractivity contribution in [2.45, 2.75) is 71.1 Å². The number of halogens is 1. The van der Waals surface area contributed by atoms with Crippen molar-refractivity contribution in [3.8, 4) is 0 Å². The predicted octanol–water partition coefficient (Wildman–Crippen LogP) is 4.38. The predicted molar refractivity (Wildman–Crippen MR) is 90.2 cm³/mol. The molecule has 1 aromatic carbocycles. The molecule has 2 rings (SSSR count). The van der Waals surface area contributed by atoms with Crippen LogP contribution in [0.4, 0.5) is 14.9 Å². The molecule has 0 saturated heterocycles. The lowest BCUT2D eigenvalue weighted by atomic mass is 9.91. The van der Waals surface area contributed by atoms with Crippen molar-refractivity contribution in [1.82, 2.24) is 5.32 Å². The van der Waals surface area contributed by atoms with E-state index in [4.69, 9.17) is 4.74 Å². The van der Waals surface area contributed by atoms with Crippen LogP contribution in [0, 0.1) is 12.7 Å². The zero-order chi connectivity index (χ0) is 17.0. The van der Waals surface area contributed by atoms with Crippen LogP contribution in [0.3, 0.4) is 0 Å². The van der Waals surface area contributed by atoms with Crippen LogP contribution >= 0.6 is 0 Å². The van der Waals surface area contributed by atoms with Crippen LogP contribution in [0.25, 0.3) is 0 Å². The fourth-order valence-corrected chi connectivity index (χ4v) is 2.84. The SMILES string of the molecule is Cc1c(F)cccc1NC1CCC(NC(=O)OC(C)(C)C)CC1. The van der Waals surface area contributed by atoms with Gasteiger partial charge in [-0.05, 0) is 65.5 Å². The number of rotatable bonds is 3. The minimum Gasteiger partial charge on any atom is -0.444 e. The third-order valence-corrected chi connectivity index (χ3v) is 4.08. The van der Waals surface area contributed by atoms with Crippen LogP contribution in [-0.4, -0.2) is 23.8 Å². The van der Waals surface area contributed by atoms with E-state index in [0.29, 0.717) is 11.6 Å². The standard InChI is InChI=1S/C18H27FN2O2/c1-12-15(19)6-5-7-16(12)20-13-8-10-14(11-9-13)21-17(22)23-18(2,3)4/h5-7,13-14,20H,8-11H2,1-4H3,(H,21,22). The van der Waals surface area contributed by atoms with Crippen molar-refractivity contribution in [3.63, 3.8) is 0 Å². The second-order valence-corrected chi connectivity index (χ2v) is 7.25. The molecule has 0 aromatic heterocycles. The Morgan fingerprint density at radius 3 is 2.39 bits per heavy atom. The fraction of sp³-hybridized carbons (Fsp3) is 0.611. The second kappa shape index (κ2) is 7.20. The Morgan fingerprint density at radius 2 is 1.78 bits per heavy atom. The first-order valence-corrected chi connectivity index (χ1v) is 8.26. The fourth-order valence-electron chi connectivity index (χ4n) is 2.84. The number of hydrogen-bond donors (Lipinski definition) is 2. The Labute approximate surface area is 137 Å². The van der Waals surface area contributed by atoms with Crippen molar-refractivity contribution < 1.29 is 13.9 Å². The monoisotopic (exact) mass is 322 g/mol. The van der Waals surface area contributed by atoms with Gasteiger partial charge in [-0.15, -0.1) is 0 Å². The minimum absolute atomic E-state index is 0.150. The molecule has 0 unspecified atom stereocenters. The Balaban J connectivity index is 1.80. The van der Waals surface area contributed by atoms with Crippen LogP contribution in [0.1, 0.15) is 52.0 Å². The van der Waals surface area contributed by atoms with Gasteiger partial charge in [-0.3, -0.25) is 0 Å². The van der Waals surface area contributed by atoms with Crippen molar-refractivity contribution in [2.24, 2.45) is 0 Å². The number of alkyl carbamates (subject to hydrolysis) is 1. The highest BCUT2D eigenvalue weighted by atomic mass is 19.1. The summed E-state index contributed by atoms with van der Waals surface area (Å²) >= 11 is 0. The van der Waals surface area contributed by atoms with Crippen LogP contribution in [0.15, 0.2) is 18.2 Å². The van der Waals surface area contributed by atoms with E-state index in [2.05, 4.69) is 10.6 Å². The molecule has 23 heavy (non-hydrogen) atoms. The third-order valence-electron chi connectivity index (χ3n) is 4.08. The van der Waals surface area contributed by atoms with E-state index < -0.39 is 5.60 Å². The second-order valence-electron chi connectivity index (χ2n) is 7.25. The van der Waals surface area contributed by atoms with Gasteiger partial charge in [0.05, 0.1) is 0 Å². The van der Waals surface area contributed by atoms with Gasteiger partial charge in [0, 0.05) is 23.3 Å². The summed E-state index contributed by atoms with van der Waals surface area (Å²) in [5.74, 6) is -0.185. The van der Waals surface area contributed by atoms with Gasteiger partial charge in [-0.25, -0.2) is 9.18 Å². The number of amides is 1. The van der Waals surface area contributed by atoms with E-state index in [-0.39, 0.29) is 18.0 Å². The zero-order valence-corrected chi connectivity index (χ0v) is 14.4. The lowest BCUT2D eigenvalue weighted by molar-refractivity contribution is 0.0492. The minimum atomic E-state index is -0.474. The van der Waals surface area contributed by atoms with Gasteiger partial charge in [0.25, 0.3) is 0 Å². The lowest BCUT2D eigenvalue weighted by Crippen LogP contribution is -2.42. The summed E-state index contributed by atoms with van der Waals surface area (Å²) in [6.07, 6.45) is 3.32. The molecule has 5 heteroatoms. The molecule has 1 saturated carbocycles. The molecular weight excluding hydrogens is 295 g/mol. The van der Waals surface area contributed by atoms with E-state index >= 15 is 0 Å². The van der Waals surface area contributed by atoms with Crippen molar-refractivity contribution in [2.75, 3.05) is 5.32 Å². The van der Waals surface area contributed by atoms with Gasteiger partial charge in [0.2, 0.25) is 0 Å². The number of nitrogens with one attached hydrogen (secondary N) is 2. The topological polar surface area (TPSA) is 50.4 Å². The van der Waals surface area contributed by atoms with Crippen LogP contribution in [-0.2, 0) is 4.74 Å². The quantitative estimate of drug-likeness (QED) is 0.868. The van der Waals surface area contributed by atoms with E-state index in [1.807, 2.05) is 26.8 Å². The molecule has 0 atom stereocenters. The summed E-state index contributed by atoms with van der Waals surface area (Å²) in [5.41, 5.74) is 1.03. The van der Waals surface area contributed by atoms with Gasteiger partial charge < -0.3 is 15.4 Å². The average molecular weight is 322 g/mol. The molecule has 0 spiro atoms. The molecular formula is C18H27FN2O2. The molecule has 1 aromatic rings. The van der Waals surface area contributed by atoms with Crippen LogP contribution < -0.4 is 10.6 Å². The molecule has 0 heterocycles. The number of anilines is 1. The van der Waals surface area contributed by atoms with Gasteiger partial charge in [0.15, 0.2) is 0 Å². The highest BCUT2D eigenvalue weighted by molar-refractivity contribution is 5.68. The highest BCUT2D eigenvalue weighted by Gasteiger charge is 2.25. The van der Waals surface area contributed by atoms with E-state index in [9.17, 15) is 9.18 Å². The van der Waals surface area contributed by atoms with E-state index in [0.717, 1.165) is 31.4 Å². The van der Waals surface area contributed by atoms with Crippen molar-refractivity contribution in [3.05, 3.63) is 29.6 Å². The van der Waals surface area contributed by atoms with E-state index in [1.54, 1.807) is 13.0 Å². The number of carbonyl (C=O) groups excluding carboxylic acids is 1. The summed E-state index contributed by atoms with van der Waals surface area (Å²) in [5, 5.41) is 6.35. The first kappa shape index (κ1) is 17.6. The Kier molecular flexibility index (Phi) is 5.50. The van der Waals surface area contributed by atoms with Crippen molar-refractivity contribution in [1.29, 1.82) is 0 Å². The molecule has 1 fully saturated rings. The lowest BCUT2D eigenvalue weighted by Gasteiger charge is -2.31. The molecule has 1 amide bonds. The summed E-state index contributed by atoms with van der Waals surface area (Å²) < 4.78 is 18.9. The molecule has 1 aliphatic rings. The first-order chi connectivity index (χ1) is 10.7. The summed E-state index contributed by atoms with van der Waals surface area (Å²) in [4.78, 5) is 11.8. The molecule has 0 bridgehead atoms. The van der Waals surface area contributed by atoms with E-state index in [1.165, 1.54) is 6.07 Å². The molecule has 1 aliphatic carbocycles. The van der Waals surface area contributed by atoms with Crippen LogP contribution in [0.5, 0.6) is 0 Å². The molecule has 0 radical (unpaired) electrons. The normalized spacial score (nSPS) is 21.6. The van der Waals surface area contributed by atoms with Crippen LogP contribution in [0.2, 0.25) is 0 Å². The largest absolute Gasteiger partial charge is 0.444 e. The van der Waals surface area contributed by atoms with Gasteiger partial charge in [-0.2, -0.15) is 0 Å². The molecule has 4 nitrogen and oxygen atoms in total. The van der Waals surface area contributed by atoms with Gasteiger partial charge in [0.1, 0.15) is 11.4 Å². The Bertz CT molecular complexity index is 546. The van der Waals surface area contributed by atoms with Gasteiger partial charge >= 0.3 is 6.09 Å². The number of ether oxygens (including phenoxy) is 1. The highest BCUT2D eigenvalue weighted by Crippen LogP contribution is 2.25. The number of hydrogen-bond acceptors (Lipinski definition) is 3. The zero-order valence-electron chi connectivity index (χ0n) is 14.4.